The van der Waals surface area contributed by atoms with Crippen LogP contribution in [0, 0.1) is 0 Å². The Hall–Kier alpha value is -2.86. The topological polar surface area (TPSA) is 89.5 Å². The number of carbonyl (C=O) groups excluding carboxylic acids is 1. The van der Waals surface area contributed by atoms with Crippen molar-refractivity contribution in [2.45, 2.75) is 86.7 Å². The Morgan fingerprint density at radius 1 is 0.639 bits per heavy atom. The van der Waals surface area contributed by atoms with Gasteiger partial charge in [0.2, 0.25) is 0 Å². The van der Waals surface area contributed by atoms with Crippen LogP contribution in [0.25, 0.3) is 0 Å². The molecule has 0 aromatic heterocycles. The van der Waals surface area contributed by atoms with E-state index in [2.05, 4.69) is 0 Å². The average molecular weight is 523 g/mol. The highest BCUT2D eigenvalue weighted by molar-refractivity contribution is 7.55. The van der Waals surface area contributed by atoms with Gasteiger partial charge in [0.1, 0.15) is 23.4 Å². The van der Waals surface area contributed by atoms with Gasteiger partial charge in [0, 0.05) is 12.1 Å². The molecule has 2 rings (SSSR count). The van der Waals surface area contributed by atoms with Crippen LogP contribution in [-0.4, -0.2) is 36.4 Å². The molecule has 36 heavy (non-hydrogen) atoms. The summed E-state index contributed by atoms with van der Waals surface area (Å²) in [6, 6.07) is 9.89. The van der Waals surface area contributed by atoms with Gasteiger partial charge in [-0.2, -0.15) is 0 Å². The molecule has 0 spiro atoms. The summed E-state index contributed by atoms with van der Waals surface area (Å²) < 4.78 is 49.0. The van der Waals surface area contributed by atoms with E-state index in [-0.39, 0.29) is 41.7 Å². The first-order valence-electron chi connectivity index (χ1n) is 12.2. The first-order chi connectivity index (χ1) is 16.8. The number of carbonyl (C=O) groups is 1. The van der Waals surface area contributed by atoms with Crippen molar-refractivity contribution in [1.82, 2.24) is 0 Å². The third kappa shape index (κ3) is 9.65. The van der Waals surface area contributed by atoms with E-state index in [0.717, 1.165) is 0 Å². The fourth-order valence-electron chi connectivity index (χ4n) is 3.17. The predicted molar refractivity (Wildman–Crippen MR) is 140 cm³/mol. The lowest BCUT2D eigenvalue weighted by atomic mass is 10.3. The maximum atomic E-state index is 13.9. The van der Waals surface area contributed by atoms with E-state index in [9.17, 15) is 9.36 Å². The van der Waals surface area contributed by atoms with Gasteiger partial charge in [-0.25, -0.2) is 4.57 Å². The number of hydrogen-bond acceptors (Lipinski definition) is 8. The Labute approximate surface area is 214 Å². The second kappa shape index (κ2) is 12.9. The van der Waals surface area contributed by atoms with Gasteiger partial charge < -0.3 is 28.0 Å². The molecule has 0 atom stereocenters. The zero-order valence-corrected chi connectivity index (χ0v) is 23.6. The molecule has 0 radical (unpaired) electrons. The zero-order valence-electron chi connectivity index (χ0n) is 22.7. The summed E-state index contributed by atoms with van der Waals surface area (Å²) in [5.74, 6) is 1.80. The van der Waals surface area contributed by atoms with Crippen LogP contribution in [0.5, 0.6) is 34.5 Å². The van der Waals surface area contributed by atoms with Gasteiger partial charge in [0.05, 0.1) is 24.4 Å². The zero-order chi connectivity index (χ0) is 27.0. The first kappa shape index (κ1) is 29.4. The normalized spacial score (nSPS) is 11.7. The number of ether oxygens (including phenoxy) is 4. The number of ketones is 1. The largest absolute Gasteiger partial charge is 0.491 e. The van der Waals surface area contributed by atoms with Crippen molar-refractivity contribution in [2.24, 2.45) is 0 Å². The lowest BCUT2D eigenvalue weighted by molar-refractivity contribution is -0.114. The highest BCUT2D eigenvalue weighted by Crippen LogP contribution is 2.53. The van der Waals surface area contributed by atoms with Crippen LogP contribution in [0.1, 0.15) is 62.3 Å². The summed E-state index contributed by atoms with van der Waals surface area (Å²) in [5, 5.41) is 0. The van der Waals surface area contributed by atoms with Crippen LogP contribution < -0.4 is 28.0 Å². The molecule has 0 heterocycles. The molecule has 0 aliphatic rings. The number of Topliss-reactive ketones (excluding diaryl/α,β-unsaturated/α-hetero) is 1. The maximum absolute atomic E-state index is 13.9. The number of hydrogen-bond donors (Lipinski definition) is 0. The van der Waals surface area contributed by atoms with E-state index in [1.54, 1.807) is 36.4 Å². The second-order valence-corrected chi connectivity index (χ2v) is 11.4. The van der Waals surface area contributed by atoms with E-state index in [4.69, 9.17) is 28.0 Å². The van der Waals surface area contributed by atoms with E-state index >= 15 is 0 Å². The minimum Gasteiger partial charge on any atom is -0.491 e. The molecule has 2 aromatic rings. The van der Waals surface area contributed by atoms with Crippen LogP contribution in [0.3, 0.4) is 0 Å². The van der Waals surface area contributed by atoms with Crippen molar-refractivity contribution in [3.05, 3.63) is 36.4 Å². The molecular weight excluding hydrogens is 483 g/mol. The molecule has 9 heteroatoms. The Kier molecular flexibility index (Phi) is 10.5. The van der Waals surface area contributed by atoms with Crippen LogP contribution in [0.2, 0.25) is 0 Å². The smallest absolute Gasteiger partial charge is 0.438 e. The van der Waals surface area contributed by atoms with E-state index in [1.807, 2.05) is 55.4 Å². The third-order valence-electron chi connectivity index (χ3n) is 4.19. The summed E-state index contributed by atoms with van der Waals surface area (Å²) in [7, 11) is -4.04. The Bertz CT molecular complexity index is 988. The van der Waals surface area contributed by atoms with Gasteiger partial charge in [0.25, 0.3) is 0 Å². The molecule has 0 saturated heterocycles. The van der Waals surface area contributed by atoms with Crippen molar-refractivity contribution >= 4 is 13.4 Å². The highest BCUT2D eigenvalue weighted by atomic mass is 31.2. The third-order valence-corrected chi connectivity index (χ3v) is 5.97. The van der Waals surface area contributed by atoms with Gasteiger partial charge >= 0.3 is 7.60 Å². The standard InChI is InChI=1S/C27H39O8P/c1-17(2)30-22-10-12-24(26(14-22)32-19(5)6)34-36(29,16-21(9)28)35-25-13-11-23(31-18(3)4)15-27(25)33-20(7)8/h10-15,17-20H,16H2,1-9H3. The maximum Gasteiger partial charge on any atom is 0.438 e. The van der Waals surface area contributed by atoms with Gasteiger partial charge in [-0.05, 0) is 86.6 Å². The second-order valence-electron chi connectivity index (χ2n) is 9.54. The summed E-state index contributed by atoms with van der Waals surface area (Å²) in [4.78, 5) is 12.1. The summed E-state index contributed by atoms with van der Waals surface area (Å²) in [6.45, 7) is 16.4. The number of rotatable bonds is 14. The van der Waals surface area contributed by atoms with Crippen LogP contribution in [-0.2, 0) is 9.36 Å². The lowest BCUT2D eigenvalue weighted by Crippen LogP contribution is -2.14. The molecule has 0 unspecified atom stereocenters. The molecule has 0 fully saturated rings. The van der Waals surface area contributed by atoms with Crippen LogP contribution in [0.15, 0.2) is 36.4 Å². The van der Waals surface area contributed by atoms with Crippen molar-refractivity contribution in [3.8, 4) is 34.5 Å². The summed E-state index contributed by atoms with van der Waals surface area (Å²) in [5.41, 5.74) is 0. The number of benzene rings is 2. The fourth-order valence-corrected chi connectivity index (χ4v) is 4.78. The average Bonchev–Trinajstić information content (AvgIpc) is 2.69. The minimum absolute atomic E-state index is 0.0437. The molecule has 200 valence electrons. The molecular formula is C27H39O8P. The van der Waals surface area contributed by atoms with E-state index < -0.39 is 13.8 Å². The molecule has 0 aliphatic heterocycles. The van der Waals surface area contributed by atoms with Crippen LogP contribution in [0.4, 0.5) is 0 Å². The molecule has 0 N–H and O–H groups in total. The predicted octanol–water partition coefficient (Wildman–Crippen LogP) is 7.08. The van der Waals surface area contributed by atoms with Crippen molar-refractivity contribution in [1.29, 1.82) is 0 Å². The monoisotopic (exact) mass is 522 g/mol. The van der Waals surface area contributed by atoms with E-state index in [1.165, 1.54) is 6.92 Å². The molecule has 0 saturated carbocycles. The fraction of sp³-hybridized carbons (Fsp3) is 0.519. The van der Waals surface area contributed by atoms with E-state index in [0.29, 0.717) is 23.0 Å². The van der Waals surface area contributed by atoms with Crippen molar-refractivity contribution < 1.29 is 37.4 Å². The van der Waals surface area contributed by atoms with Gasteiger partial charge in [0.15, 0.2) is 23.0 Å². The minimum atomic E-state index is -4.04. The molecule has 0 amide bonds. The van der Waals surface area contributed by atoms with Crippen molar-refractivity contribution in [2.75, 3.05) is 6.16 Å². The summed E-state index contributed by atoms with van der Waals surface area (Å²) in [6.07, 6.45) is -0.900. The first-order valence-corrected chi connectivity index (χ1v) is 13.9. The molecule has 0 aliphatic carbocycles. The Balaban J connectivity index is 2.47. The Morgan fingerprint density at radius 2 is 1.00 bits per heavy atom. The molecule has 8 nitrogen and oxygen atoms in total. The SMILES string of the molecule is CC(=O)CP(=O)(Oc1ccc(OC(C)C)cc1OC(C)C)Oc1ccc(OC(C)C)cc1OC(C)C. The highest BCUT2D eigenvalue weighted by Gasteiger charge is 2.33. The van der Waals surface area contributed by atoms with Gasteiger partial charge in [-0.15, -0.1) is 0 Å². The van der Waals surface area contributed by atoms with Crippen LogP contribution >= 0.6 is 7.60 Å². The molecule has 2 aromatic carbocycles. The quantitative estimate of drug-likeness (QED) is 0.243. The lowest BCUT2D eigenvalue weighted by Gasteiger charge is -2.24. The van der Waals surface area contributed by atoms with Crippen molar-refractivity contribution in [3.63, 3.8) is 0 Å². The van der Waals surface area contributed by atoms with Gasteiger partial charge in [-0.1, -0.05) is 0 Å². The molecule has 0 bridgehead atoms. The summed E-state index contributed by atoms with van der Waals surface area (Å²) >= 11 is 0. The Morgan fingerprint density at radius 3 is 1.31 bits per heavy atom. The van der Waals surface area contributed by atoms with Gasteiger partial charge in [-0.3, -0.25) is 4.79 Å².